The standard InChI is InChI=1S/C23H28N4O4/c1-30-18-7-6-8-19(13-18)31-16-17(28)14-24-15-20-22(23(29)26-10-4-5-11-26)25-21-9-2-3-12-27(20)21/h2-3,6-9,12-13,17,24,28H,4-5,10-11,14-16H2,1H3. The van der Waals surface area contributed by atoms with E-state index in [4.69, 9.17) is 9.47 Å². The Labute approximate surface area is 181 Å². The predicted molar refractivity (Wildman–Crippen MR) is 117 cm³/mol. The monoisotopic (exact) mass is 424 g/mol. The van der Waals surface area contributed by atoms with E-state index in [2.05, 4.69) is 10.3 Å². The molecule has 1 atom stereocenters. The Balaban J connectivity index is 1.37. The largest absolute Gasteiger partial charge is 0.497 e. The number of pyridine rings is 1. The molecule has 31 heavy (non-hydrogen) atoms. The van der Waals surface area contributed by atoms with Gasteiger partial charge in [-0.05, 0) is 37.1 Å². The first-order valence-electron chi connectivity index (χ1n) is 10.6. The van der Waals surface area contributed by atoms with Gasteiger partial charge < -0.3 is 29.2 Å². The molecule has 1 unspecified atom stereocenters. The van der Waals surface area contributed by atoms with E-state index in [9.17, 15) is 9.90 Å². The molecule has 1 saturated heterocycles. The third kappa shape index (κ3) is 4.98. The zero-order valence-electron chi connectivity index (χ0n) is 17.7. The summed E-state index contributed by atoms with van der Waals surface area (Å²) in [4.78, 5) is 19.4. The maximum atomic E-state index is 13.0. The van der Waals surface area contributed by atoms with Crippen LogP contribution < -0.4 is 14.8 Å². The molecule has 0 spiro atoms. The van der Waals surface area contributed by atoms with E-state index >= 15 is 0 Å². The summed E-state index contributed by atoms with van der Waals surface area (Å²) in [6.45, 7) is 2.43. The molecule has 0 aliphatic carbocycles. The number of fused-ring (bicyclic) bond motifs is 1. The van der Waals surface area contributed by atoms with Crippen LogP contribution in [0.15, 0.2) is 48.7 Å². The summed E-state index contributed by atoms with van der Waals surface area (Å²) >= 11 is 0. The van der Waals surface area contributed by atoms with Crippen LogP contribution in [0.5, 0.6) is 11.5 Å². The Morgan fingerprint density at radius 2 is 2.00 bits per heavy atom. The van der Waals surface area contributed by atoms with Gasteiger partial charge in [-0.15, -0.1) is 0 Å². The van der Waals surface area contributed by atoms with E-state index in [0.29, 0.717) is 30.3 Å². The number of hydrogen-bond donors (Lipinski definition) is 2. The molecule has 1 aliphatic rings. The second-order valence-corrected chi connectivity index (χ2v) is 7.61. The molecule has 1 aromatic carbocycles. The molecular formula is C23H28N4O4. The topological polar surface area (TPSA) is 88.3 Å². The lowest BCUT2D eigenvalue weighted by Crippen LogP contribution is -2.33. The molecule has 0 saturated carbocycles. The van der Waals surface area contributed by atoms with Crippen LogP contribution in [0.2, 0.25) is 0 Å². The lowest BCUT2D eigenvalue weighted by atomic mass is 10.2. The fourth-order valence-corrected chi connectivity index (χ4v) is 3.76. The Morgan fingerprint density at radius 3 is 2.81 bits per heavy atom. The first kappa shape index (κ1) is 21.1. The fourth-order valence-electron chi connectivity index (χ4n) is 3.76. The predicted octanol–water partition coefficient (Wildman–Crippen LogP) is 2.11. The highest BCUT2D eigenvalue weighted by molar-refractivity contribution is 5.94. The minimum atomic E-state index is -0.705. The SMILES string of the molecule is COc1cccc(OCC(O)CNCc2c(C(=O)N3CCCC3)nc3ccccn23)c1. The van der Waals surface area contributed by atoms with Crippen molar-refractivity contribution in [1.29, 1.82) is 0 Å². The van der Waals surface area contributed by atoms with E-state index < -0.39 is 6.10 Å². The molecule has 3 aromatic rings. The summed E-state index contributed by atoms with van der Waals surface area (Å²) in [6.07, 6.45) is 3.27. The van der Waals surface area contributed by atoms with E-state index in [1.54, 1.807) is 13.2 Å². The van der Waals surface area contributed by atoms with Crippen molar-refractivity contribution in [2.75, 3.05) is 33.4 Å². The van der Waals surface area contributed by atoms with Gasteiger partial charge in [0.2, 0.25) is 0 Å². The van der Waals surface area contributed by atoms with Gasteiger partial charge in [-0.1, -0.05) is 12.1 Å². The van der Waals surface area contributed by atoms with Crippen LogP contribution in [0, 0.1) is 0 Å². The summed E-state index contributed by atoms with van der Waals surface area (Å²) in [5.74, 6) is 1.31. The van der Waals surface area contributed by atoms with E-state index in [1.165, 1.54) is 0 Å². The van der Waals surface area contributed by atoms with Crippen molar-refractivity contribution in [2.24, 2.45) is 0 Å². The third-order valence-corrected chi connectivity index (χ3v) is 5.38. The molecule has 2 N–H and O–H groups in total. The van der Waals surface area contributed by atoms with Gasteiger partial charge >= 0.3 is 0 Å². The van der Waals surface area contributed by atoms with Crippen LogP contribution in [-0.2, 0) is 6.54 Å². The van der Waals surface area contributed by atoms with E-state index in [1.807, 2.05) is 51.9 Å². The Kier molecular flexibility index (Phi) is 6.69. The number of nitrogens with one attached hydrogen (secondary N) is 1. The molecule has 2 aromatic heterocycles. The summed E-state index contributed by atoms with van der Waals surface area (Å²) in [7, 11) is 1.60. The van der Waals surface area contributed by atoms with E-state index in [0.717, 1.165) is 37.3 Å². The number of hydrogen-bond acceptors (Lipinski definition) is 6. The average Bonchev–Trinajstić information content (AvgIpc) is 3.46. The average molecular weight is 425 g/mol. The van der Waals surface area contributed by atoms with Crippen molar-refractivity contribution in [1.82, 2.24) is 19.6 Å². The molecule has 8 heteroatoms. The number of nitrogens with zero attached hydrogens (tertiary/aromatic N) is 3. The highest BCUT2D eigenvalue weighted by atomic mass is 16.5. The van der Waals surface area contributed by atoms with Gasteiger partial charge in [-0.25, -0.2) is 4.98 Å². The van der Waals surface area contributed by atoms with Gasteiger partial charge in [-0.2, -0.15) is 0 Å². The first-order valence-corrected chi connectivity index (χ1v) is 10.6. The maximum absolute atomic E-state index is 13.0. The number of methoxy groups -OCH3 is 1. The Morgan fingerprint density at radius 1 is 1.19 bits per heavy atom. The first-order chi connectivity index (χ1) is 15.2. The number of ether oxygens (including phenoxy) is 2. The number of aromatic nitrogens is 2. The molecule has 0 radical (unpaired) electrons. The van der Waals surface area contributed by atoms with Crippen molar-refractivity contribution in [3.8, 4) is 11.5 Å². The summed E-state index contributed by atoms with van der Waals surface area (Å²) in [6, 6.07) is 13.0. The van der Waals surface area contributed by atoms with E-state index in [-0.39, 0.29) is 12.5 Å². The van der Waals surface area contributed by atoms with Crippen molar-refractivity contribution in [3.63, 3.8) is 0 Å². The minimum absolute atomic E-state index is 0.0279. The fraction of sp³-hybridized carbons (Fsp3) is 0.391. The number of aliphatic hydroxyl groups is 1. The number of carbonyl (C=O) groups excluding carboxylic acids is 1. The van der Waals surface area contributed by atoms with Crippen LogP contribution in [0.1, 0.15) is 29.0 Å². The third-order valence-electron chi connectivity index (χ3n) is 5.38. The second kappa shape index (κ2) is 9.80. The van der Waals surface area contributed by atoms with Crippen LogP contribution >= 0.6 is 0 Å². The Bertz CT molecular complexity index is 1030. The summed E-state index contributed by atoms with van der Waals surface area (Å²) < 4.78 is 12.8. The number of imidazole rings is 1. The van der Waals surface area contributed by atoms with Gasteiger partial charge in [0, 0.05) is 38.4 Å². The smallest absolute Gasteiger partial charge is 0.274 e. The summed E-state index contributed by atoms with van der Waals surface area (Å²) in [5, 5.41) is 13.6. The van der Waals surface area contributed by atoms with Crippen LogP contribution in [-0.4, -0.2) is 64.8 Å². The number of benzene rings is 1. The molecule has 1 fully saturated rings. The highest BCUT2D eigenvalue weighted by Crippen LogP contribution is 2.19. The van der Waals surface area contributed by atoms with Crippen LogP contribution in [0.25, 0.3) is 5.65 Å². The molecule has 3 heterocycles. The van der Waals surface area contributed by atoms with Gasteiger partial charge in [0.15, 0.2) is 5.69 Å². The lowest BCUT2D eigenvalue weighted by Gasteiger charge is -2.16. The molecule has 8 nitrogen and oxygen atoms in total. The Hall–Kier alpha value is -3.10. The molecule has 164 valence electrons. The highest BCUT2D eigenvalue weighted by Gasteiger charge is 2.25. The zero-order valence-corrected chi connectivity index (χ0v) is 17.7. The van der Waals surface area contributed by atoms with Crippen molar-refractivity contribution in [2.45, 2.75) is 25.5 Å². The number of likely N-dealkylation sites (tertiary alicyclic amines) is 1. The van der Waals surface area contributed by atoms with Gasteiger partial charge in [0.05, 0.1) is 12.8 Å². The molecule has 1 aliphatic heterocycles. The van der Waals surface area contributed by atoms with Crippen LogP contribution in [0.3, 0.4) is 0 Å². The number of amides is 1. The van der Waals surface area contributed by atoms with Crippen LogP contribution in [0.4, 0.5) is 0 Å². The normalized spacial score (nSPS) is 14.7. The number of aliphatic hydroxyl groups excluding tert-OH is 1. The molecule has 1 amide bonds. The number of rotatable bonds is 9. The van der Waals surface area contributed by atoms with Gasteiger partial charge in [-0.3, -0.25) is 4.79 Å². The zero-order chi connectivity index (χ0) is 21.6. The minimum Gasteiger partial charge on any atom is -0.497 e. The number of carbonyl (C=O) groups is 1. The van der Waals surface area contributed by atoms with Gasteiger partial charge in [0.25, 0.3) is 5.91 Å². The van der Waals surface area contributed by atoms with Crippen molar-refractivity contribution in [3.05, 3.63) is 60.0 Å². The maximum Gasteiger partial charge on any atom is 0.274 e. The summed E-state index contributed by atoms with van der Waals surface area (Å²) in [5.41, 5.74) is 2.01. The molecule has 0 bridgehead atoms. The van der Waals surface area contributed by atoms with Gasteiger partial charge in [0.1, 0.15) is 29.9 Å². The lowest BCUT2D eigenvalue weighted by molar-refractivity contribution is 0.0786. The molecule has 4 rings (SSSR count). The second-order valence-electron chi connectivity index (χ2n) is 7.61. The molecular weight excluding hydrogens is 396 g/mol. The van der Waals surface area contributed by atoms with Crippen molar-refractivity contribution < 1.29 is 19.4 Å². The van der Waals surface area contributed by atoms with Crippen molar-refractivity contribution >= 4 is 11.6 Å². The quantitative estimate of drug-likeness (QED) is 0.547.